The van der Waals surface area contributed by atoms with Crippen molar-refractivity contribution in [2.45, 2.75) is 44.9 Å². The number of ether oxygens (including phenoxy) is 2. The molecule has 24 heavy (non-hydrogen) atoms. The second kappa shape index (κ2) is 9.15. The maximum atomic E-state index is 12.5. The van der Waals surface area contributed by atoms with Gasteiger partial charge in [0.15, 0.2) is 11.5 Å². The van der Waals surface area contributed by atoms with Crippen molar-refractivity contribution in [3.05, 3.63) is 23.8 Å². The van der Waals surface area contributed by atoms with Gasteiger partial charge in [0.2, 0.25) is 5.91 Å². The van der Waals surface area contributed by atoms with E-state index in [2.05, 4.69) is 5.32 Å². The number of methoxy groups -OCH3 is 2. The Labute approximate surface area is 143 Å². The van der Waals surface area contributed by atoms with E-state index in [1.165, 1.54) is 0 Å². The molecular formula is C18H27NO5. The molecule has 1 rings (SSSR count). The quantitative estimate of drug-likeness (QED) is 0.641. The van der Waals surface area contributed by atoms with E-state index in [1.54, 1.807) is 20.3 Å². The Balaban J connectivity index is 2.60. The third-order valence-corrected chi connectivity index (χ3v) is 4.03. The van der Waals surface area contributed by atoms with E-state index in [-0.39, 0.29) is 12.3 Å². The SMILES string of the molecule is COc1ccc(C(C)(C)C(=O)NCCCCCC(=O)O)cc1OC. The summed E-state index contributed by atoms with van der Waals surface area (Å²) in [5.41, 5.74) is 0.129. The zero-order valence-electron chi connectivity index (χ0n) is 14.8. The van der Waals surface area contributed by atoms with Gasteiger partial charge >= 0.3 is 5.97 Å². The fourth-order valence-corrected chi connectivity index (χ4v) is 2.36. The lowest BCUT2D eigenvalue weighted by Gasteiger charge is -2.25. The van der Waals surface area contributed by atoms with Crippen molar-refractivity contribution in [2.24, 2.45) is 0 Å². The van der Waals surface area contributed by atoms with Gasteiger partial charge in [0.1, 0.15) is 0 Å². The highest BCUT2D eigenvalue weighted by molar-refractivity contribution is 5.87. The summed E-state index contributed by atoms with van der Waals surface area (Å²) in [4.78, 5) is 22.9. The van der Waals surface area contributed by atoms with E-state index in [9.17, 15) is 9.59 Å². The average molecular weight is 337 g/mol. The Morgan fingerprint density at radius 1 is 1.08 bits per heavy atom. The van der Waals surface area contributed by atoms with Gasteiger partial charge in [-0.2, -0.15) is 0 Å². The van der Waals surface area contributed by atoms with Gasteiger partial charge in [-0.15, -0.1) is 0 Å². The van der Waals surface area contributed by atoms with Crippen LogP contribution in [0.15, 0.2) is 18.2 Å². The molecule has 0 saturated carbocycles. The molecule has 0 aliphatic heterocycles. The number of benzene rings is 1. The van der Waals surface area contributed by atoms with Gasteiger partial charge in [0.05, 0.1) is 19.6 Å². The molecule has 0 unspecified atom stereocenters. The summed E-state index contributed by atoms with van der Waals surface area (Å²) in [6.45, 7) is 4.25. The lowest BCUT2D eigenvalue weighted by molar-refractivity contribution is -0.137. The van der Waals surface area contributed by atoms with Crippen LogP contribution in [-0.2, 0) is 15.0 Å². The van der Waals surface area contributed by atoms with E-state index >= 15 is 0 Å². The van der Waals surface area contributed by atoms with Crippen molar-refractivity contribution in [1.82, 2.24) is 5.32 Å². The molecule has 1 aromatic rings. The molecule has 0 bridgehead atoms. The molecule has 0 spiro atoms. The Morgan fingerprint density at radius 3 is 2.33 bits per heavy atom. The molecule has 2 N–H and O–H groups in total. The fourth-order valence-electron chi connectivity index (χ4n) is 2.36. The molecule has 1 aromatic carbocycles. The molecule has 6 heteroatoms. The molecular weight excluding hydrogens is 310 g/mol. The van der Waals surface area contributed by atoms with Crippen molar-refractivity contribution < 1.29 is 24.2 Å². The smallest absolute Gasteiger partial charge is 0.303 e. The van der Waals surface area contributed by atoms with Crippen LogP contribution in [0.3, 0.4) is 0 Å². The molecule has 1 amide bonds. The van der Waals surface area contributed by atoms with E-state index in [0.717, 1.165) is 18.4 Å². The van der Waals surface area contributed by atoms with Crippen LogP contribution in [-0.4, -0.2) is 37.7 Å². The summed E-state index contributed by atoms with van der Waals surface area (Å²) < 4.78 is 10.5. The van der Waals surface area contributed by atoms with E-state index in [1.807, 2.05) is 26.0 Å². The van der Waals surface area contributed by atoms with Crippen molar-refractivity contribution in [3.8, 4) is 11.5 Å². The van der Waals surface area contributed by atoms with Crippen molar-refractivity contribution in [1.29, 1.82) is 0 Å². The number of carboxylic acid groups (broad SMARTS) is 1. The fraction of sp³-hybridized carbons (Fsp3) is 0.556. The number of aliphatic carboxylic acids is 1. The highest BCUT2D eigenvalue weighted by Gasteiger charge is 2.30. The number of carbonyl (C=O) groups excluding carboxylic acids is 1. The lowest BCUT2D eigenvalue weighted by Crippen LogP contribution is -2.40. The van der Waals surface area contributed by atoms with Crippen LogP contribution in [0, 0.1) is 0 Å². The number of hydrogen-bond donors (Lipinski definition) is 2. The van der Waals surface area contributed by atoms with Gasteiger partial charge in [-0.1, -0.05) is 12.5 Å². The Bertz CT molecular complexity index is 569. The van der Waals surface area contributed by atoms with Crippen LogP contribution in [0.4, 0.5) is 0 Å². The van der Waals surface area contributed by atoms with Crippen LogP contribution in [0.5, 0.6) is 11.5 Å². The summed E-state index contributed by atoms with van der Waals surface area (Å²) in [5.74, 6) is 0.349. The minimum atomic E-state index is -0.784. The number of hydrogen-bond acceptors (Lipinski definition) is 4. The second-order valence-electron chi connectivity index (χ2n) is 6.16. The topological polar surface area (TPSA) is 84.9 Å². The first kappa shape index (κ1) is 19.8. The zero-order chi connectivity index (χ0) is 18.2. The number of carbonyl (C=O) groups is 2. The average Bonchev–Trinajstić information content (AvgIpc) is 2.56. The molecule has 0 aliphatic rings. The summed E-state index contributed by atoms with van der Waals surface area (Å²) in [7, 11) is 3.13. The first-order valence-corrected chi connectivity index (χ1v) is 8.05. The van der Waals surface area contributed by atoms with Crippen molar-refractivity contribution in [3.63, 3.8) is 0 Å². The number of nitrogens with one attached hydrogen (secondary N) is 1. The van der Waals surface area contributed by atoms with Crippen LogP contribution in [0.2, 0.25) is 0 Å². The van der Waals surface area contributed by atoms with Crippen molar-refractivity contribution in [2.75, 3.05) is 20.8 Å². The number of carboxylic acids is 1. The molecule has 0 radical (unpaired) electrons. The number of rotatable bonds is 10. The zero-order valence-corrected chi connectivity index (χ0v) is 14.8. The summed E-state index contributed by atoms with van der Waals surface area (Å²) in [5, 5.41) is 11.5. The first-order valence-electron chi connectivity index (χ1n) is 8.05. The van der Waals surface area contributed by atoms with Gasteiger partial charge in [0, 0.05) is 13.0 Å². The summed E-state index contributed by atoms with van der Waals surface area (Å²) >= 11 is 0. The normalized spacial score (nSPS) is 11.0. The summed E-state index contributed by atoms with van der Waals surface area (Å²) in [6.07, 6.45) is 2.35. The maximum Gasteiger partial charge on any atom is 0.303 e. The first-order chi connectivity index (χ1) is 11.3. The van der Waals surface area contributed by atoms with E-state index < -0.39 is 11.4 Å². The molecule has 0 saturated heterocycles. The Hall–Kier alpha value is -2.24. The third-order valence-electron chi connectivity index (χ3n) is 4.03. The van der Waals surface area contributed by atoms with Crippen LogP contribution >= 0.6 is 0 Å². The minimum absolute atomic E-state index is 0.0760. The number of unbranched alkanes of at least 4 members (excludes halogenated alkanes) is 2. The van der Waals surface area contributed by atoms with E-state index in [0.29, 0.717) is 24.5 Å². The molecule has 0 aliphatic carbocycles. The molecule has 0 fully saturated rings. The molecule has 0 atom stereocenters. The van der Waals surface area contributed by atoms with Crippen molar-refractivity contribution >= 4 is 11.9 Å². The predicted octanol–water partition coefficient (Wildman–Crippen LogP) is 2.74. The van der Waals surface area contributed by atoms with Crippen LogP contribution in [0.25, 0.3) is 0 Å². The highest BCUT2D eigenvalue weighted by atomic mass is 16.5. The minimum Gasteiger partial charge on any atom is -0.493 e. The monoisotopic (exact) mass is 337 g/mol. The molecule has 0 aromatic heterocycles. The third kappa shape index (κ3) is 5.44. The standard InChI is InChI=1S/C18H27NO5/c1-18(2,13-9-10-14(23-3)15(12-13)24-4)17(22)19-11-7-5-6-8-16(20)21/h9-10,12H,5-8,11H2,1-4H3,(H,19,22)(H,20,21). The predicted molar refractivity (Wildman–Crippen MR) is 91.7 cm³/mol. The van der Waals surface area contributed by atoms with Gasteiger partial charge in [-0.05, 0) is 44.4 Å². The molecule has 6 nitrogen and oxygen atoms in total. The van der Waals surface area contributed by atoms with Crippen LogP contribution in [0.1, 0.15) is 45.1 Å². The summed E-state index contributed by atoms with van der Waals surface area (Å²) in [6, 6.07) is 5.45. The molecule has 134 valence electrons. The van der Waals surface area contributed by atoms with Gasteiger partial charge < -0.3 is 19.9 Å². The van der Waals surface area contributed by atoms with E-state index in [4.69, 9.17) is 14.6 Å². The highest BCUT2D eigenvalue weighted by Crippen LogP contribution is 2.33. The lowest BCUT2D eigenvalue weighted by atomic mass is 9.83. The molecule has 0 heterocycles. The van der Waals surface area contributed by atoms with Crippen LogP contribution < -0.4 is 14.8 Å². The van der Waals surface area contributed by atoms with Gasteiger partial charge in [0.25, 0.3) is 0 Å². The Kier molecular flexibility index (Phi) is 7.55. The number of amides is 1. The largest absolute Gasteiger partial charge is 0.493 e. The van der Waals surface area contributed by atoms with Gasteiger partial charge in [-0.25, -0.2) is 0 Å². The Morgan fingerprint density at radius 2 is 1.75 bits per heavy atom. The second-order valence-corrected chi connectivity index (χ2v) is 6.16. The van der Waals surface area contributed by atoms with Gasteiger partial charge in [-0.3, -0.25) is 9.59 Å². The maximum absolute atomic E-state index is 12.5.